The molecular weight excluding hydrogens is 362 g/mol. The number of hydrogen-bond donors (Lipinski definition) is 5. The molecule has 8 heteroatoms. The van der Waals surface area contributed by atoms with Crippen LogP contribution in [0.1, 0.15) is 12.8 Å². The fourth-order valence-electron chi connectivity index (χ4n) is 2.14. The van der Waals surface area contributed by atoms with Crippen LogP contribution in [0.4, 0.5) is 0 Å². The summed E-state index contributed by atoms with van der Waals surface area (Å²) in [5, 5.41) is 41.1. The second kappa shape index (κ2) is 11.2. The molecule has 2 aromatic carbocycles. The summed E-state index contributed by atoms with van der Waals surface area (Å²) in [7, 11) is 0. The van der Waals surface area contributed by atoms with Gasteiger partial charge in [0, 0.05) is 0 Å². The van der Waals surface area contributed by atoms with Gasteiger partial charge in [0.1, 0.15) is 0 Å². The molecule has 0 bridgehead atoms. The number of halogens is 1. The molecule has 0 amide bonds. The molecule has 0 unspecified atom stereocenters. The van der Waals surface area contributed by atoms with E-state index in [1.807, 2.05) is 0 Å². The Morgan fingerprint density at radius 1 is 0.692 bits per heavy atom. The van der Waals surface area contributed by atoms with Gasteiger partial charge in [0.05, 0.1) is 13.2 Å². The number of ether oxygens (including phenoxy) is 2. The van der Waals surface area contributed by atoms with Crippen molar-refractivity contribution >= 4 is 12.4 Å². The molecule has 0 fully saturated rings. The lowest BCUT2D eigenvalue weighted by Crippen LogP contribution is -2.20. The Hall–Kier alpha value is -2.51. The van der Waals surface area contributed by atoms with Crippen LogP contribution in [-0.2, 0) is 0 Å². The Morgan fingerprint density at radius 3 is 1.54 bits per heavy atom. The quantitative estimate of drug-likeness (QED) is 0.316. The van der Waals surface area contributed by atoms with E-state index >= 15 is 0 Å². The summed E-state index contributed by atoms with van der Waals surface area (Å²) in [5.41, 5.74) is 0. The Balaban J connectivity index is 0.00000338. The third-order valence-corrected chi connectivity index (χ3v) is 3.47. The van der Waals surface area contributed by atoms with Gasteiger partial charge in [-0.3, -0.25) is 0 Å². The van der Waals surface area contributed by atoms with Crippen LogP contribution in [0, 0.1) is 0 Å². The van der Waals surface area contributed by atoms with E-state index in [2.05, 4.69) is 5.32 Å². The first-order valence-corrected chi connectivity index (χ1v) is 8.08. The van der Waals surface area contributed by atoms with Gasteiger partial charge >= 0.3 is 0 Å². The number of para-hydroxylation sites is 2. The molecule has 0 aromatic heterocycles. The van der Waals surface area contributed by atoms with E-state index in [9.17, 15) is 20.4 Å². The minimum Gasteiger partial charge on any atom is -0.504 e. The number of hydrogen-bond acceptors (Lipinski definition) is 7. The van der Waals surface area contributed by atoms with Crippen LogP contribution in [-0.4, -0.2) is 46.7 Å². The number of phenols is 4. The van der Waals surface area contributed by atoms with Crippen LogP contribution in [0.15, 0.2) is 36.4 Å². The van der Waals surface area contributed by atoms with Crippen molar-refractivity contribution in [3.05, 3.63) is 36.4 Å². The lowest BCUT2D eigenvalue weighted by atomic mass is 10.3. The first kappa shape index (κ1) is 21.5. The SMILES string of the molecule is Cl.Oc1cccc(OCCCNCCCOc2cccc(O)c2O)c1O. The zero-order chi connectivity index (χ0) is 18.1. The monoisotopic (exact) mass is 385 g/mol. The molecular formula is C18H24ClNO6. The highest BCUT2D eigenvalue weighted by Gasteiger charge is 2.07. The fourth-order valence-corrected chi connectivity index (χ4v) is 2.14. The van der Waals surface area contributed by atoms with Crippen LogP contribution in [0.25, 0.3) is 0 Å². The fraction of sp³-hybridized carbons (Fsp3) is 0.333. The molecule has 0 spiro atoms. The predicted octanol–water partition coefficient (Wildman–Crippen LogP) is 2.76. The van der Waals surface area contributed by atoms with E-state index in [1.54, 1.807) is 24.3 Å². The van der Waals surface area contributed by atoms with Gasteiger partial charge in [-0.05, 0) is 50.2 Å². The van der Waals surface area contributed by atoms with E-state index in [-0.39, 0.29) is 46.9 Å². The van der Waals surface area contributed by atoms with E-state index in [0.717, 1.165) is 25.9 Å². The van der Waals surface area contributed by atoms with Crippen molar-refractivity contribution in [2.24, 2.45) is 0 Å². The van der Waals surface area contributed by atoms with Crippen molar-refractivity contribution in [2.45, 2.75) is 12.8 Å². The van der Waals surface area contributed by atoms with Gasteiger partial charge < -0.3 is 35.2 Å². The second-order valence-electron chi connectivity index (χ2n) is 5.40. The van der Waals surface area contributed by atoms with Crippen LogP contribution in [0.5, 0.6) is 34.5 Å². The third-order valence-electron chi connectivity index (χ3n) is 3.47. The number of aromatic hydroxyl groups is 4. The van der Waals surface area contributed by atoms with Gasteiger partial charge in [0.25, 0.3) is 0 Å². The van der Waals surface area contributed by atoms with Gasteiger partial charge in [0.15, 0.2) is 23.0 Å². The van der Waals surface area contributed by atoms with Gasteiger partial charge in [-0.2, -0.15) is 0 Å². The van der Waals surface area contributed by atoms with Crippen molar-refractivity contribution in [3.63, 3.8) is 0 Å². The third kappa shape index (κ3) is 6.42. The Morgan fingerprint density at radius 2 is 1.12 bits per heavy atom. The van der Waals surface area contributed by atoms with E-state index in [4.69, 9.17) is 9.47 Å². The molecule has 0 aliphatic rings. The van der Waals surface area contributed by atoms with Gasteiger partial charge in [-0.1, -0.05) is 12.1 Å². The summed E-state index contributed by atoms with van der Waals surface area (Å²) >= 11 is 0. The molecule has 144 valence electrons. The molecule has 0 radical (unpaired) electrons. The van der Waals surface area contributed by atoms with Crippen molar-refractivity contribution < 1.29 is 29.9 Å². The molecule has 0 aliphatic carbocycles. The Bertz CT molecular complexity index is 625. The summed E-state index contributed by atoms with van der Waals surface area (Å²) < 4.78 is 10.8. The Kier molecular flexibility index (Phi) is 9.25. The second-order valence-corrected chi connectivity index (χ2v) is 5.40. The van der Waals surface area contributed by atoms with Crippen LogP contribution in [0.2, 0.25) is 0 Å². The zero-order valence-corrected chi connectivity index (χ0v) is 15.0. The molecule has 2 rings (SSSR count). The molecule has 0 saturated carbocycles. The Labute approximate surface area is 158 Å². The largest absolute Gasteiger partial charge is 0.504 e. The molecule has 0 aliphatic heterocycles. The molecule has 7 nitrogen and oxygen atoms in total. The maximum absolute atomic E-state index is 9.59. The summed E-state index contributed by atoms with van der Waals surface area (Å²) in [6.07, 6.45) is 1.48. The summed E-state index contributed by atoms with van der Waals surface area (Å²) in [5.74, 6) is -0.369. The summed E-state index contributed by atoms with van der Waals surface area (Å²) in [4.78, 5) is 0. The van der Waals surface area contributed by atoms with Gasteiger partial charge in [-0.25, -0.2) is 0 Å². The summed E-state index contributed by atoms with van der Waals surface area (Å²) in [6.45, 7) is 2.29. The number of nitrogens with one attached hydrogen (secondary N) is 1. The number of rotatable bonds is 10. The highest BCUT2D eigenvalue weighted by molar-refractivity contribution is 5.85. The zero-order valence-electron chi connectivity index (χ0n) is 14.2. The molecule has 0 atom stereocenters. The molecule has 0 saturated heterocycles. The van der Waals surface area contributed by atoms with Crippen molar-refractivity contribution in [1.82, 2.24) is 5.32 Å². The summed E-state index contributed by atoms with van der Waals surface area (Å²) in [6, 6.07) is 9.18. The van der Waals surface area contributed by atoms with Crippen LogP contribution < -0.4 is 14.8 Å². The highest BCUT2D eigenvalue weighted by atomic mass is 35.5. The molecule has 2 aromatic rings. The van der Waals surface area contributed by atoms with Gasteiger partial charge in [-0.15, -0.1) is 12.4 Å². The molecule has 5 N–H and O–H groups in total. The van der Waals surface area contributed by atoms with Crippen LogP contribution >= 0.6 is 12.4 Å². The van der Waals surface area contributed by atoms with E-state index in [0.29, 0.717) is 13.2 Å². The minimum atomic E-state index is -0.247. The normalized spacial score (nSPS) is 10.2. The number of benzene rings is 2. The molecule has 26 heavy (non-hydrogen) atoms. The van der Waals surface area contributed by atoms with Crippen molar-refractivity contribution in [1.29, 1.82) is 0 Å². The van der Waals surface area contributed by atoms with Gasteiger partial charge in [0.2, 0.25) is 11.5 Å². The minimum absolute atomic E-state index is 0. The number of phenolic OH excluding ortho intramolecular Hbond substituents is 4. The maximum atomic E-state index is 9.59. The standard InChI is InChI=1S/C18H23NO6.ClH/c20-13-5-1-7-15(17(13)22)24-11-3-9-19-10-4-12-25-16-8-2-6-14(21)18(16)23;/h1-2,5-8,19-23H,3-4,9-12H2;1H. The van der Waals surface area contributed by atoms with Crippen molar-refractivity contribution in [2.75, 3.05) is 26.3 Å². The average Bonchev–Trinajstić information content (AvgIpc) is 2.60. The van der Waals surface area contributed by atoms with E-state index < -0.39 is 0 Å². The predicted molar refractivity (Wildman–Crippen MR) is 99.9 cm³/mol. The smallest absolute Gasteiger partial charge is 0.200 e. The first-order valence-electron chi connectivity index (χ1n) is 8.08. The first-order chi connectivity index (χ1) is 12.1. The average molecular weight is 386 g/mol. The molecule has 0 heterocycles. The topological polar surface area (TPSA) is 111 Å². The highest BCUT2D eigenvalue weighted by Crippen LogP contribution is 2.35. The lowest BCUT2D eigenvalue weighted by Gasteiger charge is -2.10. The van der Waals surface area contributed by atoms with Crippen LogP contribution in [0.3, 0.4) is 0 Å². The van der Waals surface area contributed by atoms with E-state index in [1.165, 1.54) is 12.1 Å². The lowest BCUT2D eigenvalue weighted by molar-refractivity contribution is 0.278. The van der Waals surface area contributed by atoms with Crippen molar-refractivity contribution in [3.8, 4) is 34.5 Å². The maximum Gasteiger partial charge on any atom is 0.200 e.